The summed E-state index contributed by atoms with van der Waals surface area (Å²) in [7, 11) is 0. The number of aliphatic hydroxyl groups excluding tert-OH is 1. The van der Waals surface area contributed by atoms with Gasteiger partial charge in [-0.15, -0.1) is 0 Å². The first-order valence-electron chi connectivity index (χ1n) is 8.55. The van der Waals surface area contributed by atoms with E-state index in [-0.39, 0.29) is 12.1 Å². The highest BCUT2D eigenvalue weighted by Crippen LogP contribution is 2.38. The smallest absolute Gasteiger partial charge is 0.189 e. The zero-order chi connectivity index (χ0) is 17.2. The minimum atomic E-state index is -0.365. The highest BCUT2D eigenvalue weighted by molar-refractivity contribution is 7.98. The molecule has 1 saturated carbocycles. The van der Waals surface area contributed by atoms with Crippen LogP contribution < -0.4 is 10.2 Å². The van der Waals surface area contributed by atoms with Gasteiger partial charge in [0.25, 0.3) is 0 Å². The third-order valence-electron chi connectivity index (χ3n) is 5.16. The van der Waals surface area contributed by atoms with Crippen LogP contribution in [0.3, 0.4) is 0 Å². The highest BCUT2D eigenvalue weighted by atomic mass is 32.2. The summed E-state index contributed by atoms with van der Waals surface area (Å²) in [5, 5.41) is 14.7. The average molecular weight is 358 g/mol. The first-order chi connectivity index (χ1) is 12.2. The fourth-order valence-electron chi connectivity index (χ4n) is 3.94. The maximum absolute atomic E-state index is 10.6. The Morgan fingerprint density at radius 2 is 2.00 bits per heavy atom. The maximum atomic E-state index is 10.6. The lowest BCUT2D eigenvalue weighted by molar-refractivity contribution is 0.0737. The van der Waals surface area contributed by atoms with Gasteiger partial charge in [0.1, 0.15) is 11.6 Å². The van der Waals surface area contributed by atoms with E-state index in [4.69, 9.17) is 0 Å². The van der Waals surface area contributed by atoms with Crippen LogP contribution in [0.5, 0.6) is 0 Å². The van der Waals surface area contributed by atoms with Crippen LogP contribution >= 0.6 is 11.8 Å². The molecular formula is C17H22N6OS. The van der Waals surface area contributed by atoms with Gasteiger partial charge in [-0.05, 0) is 37.0 Å². The summed E-state index contributed by atoms with van der Waals surface area (Å²) < 4.78 is 0. The van der Waals surface area contributed by atoms with Crippen molar-refractivity contribution in [3.63, 3.8) is 0 Å². The van der Waals surface area contributed by atoms with Crippen molar-refractivity contribution in [2.75, 3.05) is 29.6 Å². The molecule has 25 heavy (non-hydrogen) atoms. The molecule has 2 aromatic rings. The molecule has 4 atom stereocenters. The Labute approximate surface area is 151 Å². The largest absolute Gasteiger partial charge is 0.391 e. The number of thioether (sulfide) groups is 1. The van der Waals surface area contributed by atoms with Gasteiger partial charge in [-0.25, -0.2) is 15.0 Å². The summed E-state index contributed by atoms with van der Waals surface area (Å²) in [6.07, 6.45) is 10.2. The van der Waals surface area contributed by atoms with Crippen LogP contribution in [0.25, 0.3) is 0 Å². The van der Waals surface area contributed by atoms with E-state index in [2.05, 4.69) is 30.2 Å². The van der Waals surface area contributed by atoms with Crippen molar-refractivity contribution < 1.29 is 5.11 Å². The molecule has 4 rings (SSSR count). The van der Waals surface area contributed by atoms with Crippen molar-refractivity contribution >= 4 is 23.4 Å². The van der Waals surface area contributed by atoms with Crippen LogP contribution in [0.1, 0.15) is 12.8 Å². The molecule has 3 heterocycles. The number of hydrogen-bond donors (Lipinski definition) is 2. The van der Waals surface area contributed by atoms with E-state index in [0.717, 1.165) is 42.7 Å². The summed E-state index contributed by atoms with van der Waals surface area (Å²) in [5.41, 5.74) is 0. The summed E-state index contributed by atoms with van der Waals surface area (Å²) in [4.78, 5) is 19.5. The summed E-state index contributed by atoms with van der Waals surface area (Å²) in [6.45, 7) is 1.92. The molecule has 1 aliphatic carbocycles. The van der Waals surface area contributed by atoms with Crippen LogP contribution in [-0.2, 0) is 0 Å². The van der Waals surface area contributed by atoms with Crippen molar-refractivity contribution in [1.82, 2.24) is 19.9 Å². The van der Waals surface area contributed by atoms with Gasteiger partial charge in [0.15, 0.2) is 5.16 Å². The molecule has 0 bridgehead atoms. The molecule has 1 aliphatic heterocycles. The second-order valence-corrected chi connectivity index (χ2v) is 7.48. The Morgan fingerprint density at radius 3 is 2.76 bits per heavy atom. The van der Waals surface area contributed by atoms with Gasteiger partial charge < -0.3 is 15.3 Å². The standard InChI is InChI=1S/C17H22N6OS/c1-25-17-20-3-2-16(22-17)23-9-11-6-13(14(24)7-12(11)10-23)21-15-8-18-4-5-19-15/h2-5,8,11-14,24H,6-7,9-10H2,1H3,(H,19,21)/t11-,12+,13-,14-/m1/s1. The molecule has 0 radical (unpaired) electrons. The number of anilines is 2. The van der Waals surface area contributed by atoms with E-state index in [0.29, 0.717) is 11.8 Å². The summed E-state index contributed by atoms with van der Waals surface area (Å²) in [5.74, 6) is 2.76. The Hall–Kier alpha value is -1.93. The Balaban J connectivity index is 1.44. The van der Waals surface area contributed by atoms with Gasteiger partial charge in [-0.2, -0.15) is 0 Å². The topological polar surface area (TPSA) is 87.1 Å². The predicted octanol–water partition coefficient (Wildman–Crippen LogP) is 1.68. The third-order valence-corrected chi connectivity index (χ3v) is 5.73. The van der Waals surface area contributed by atoms with Gasteiger partial charge in [-0.1, -0.05) is 11.8 Å². The quantitative estimate of drug-likeness (QED) is 0.630. The zero-order valence-corrected chi connectivity index (χ0v) is 14.9. The summed E-state index contributed by atoms with van der Waals surface area (Å²) >= 11 is 1.56. The first kappa shape index (κ1) is 16.5. The number of nitrogens with one attached hydrogen (secondary N) is 1. The maximum Gasteiger partial charge on any atom is 0.189 e. The van der Waals surface area contributed by atoms with Crippen LogP contribution in [-0.4, -0.2) is 56.5 Å². The molecule has 1 saturated heterocycles. The lowest BCUT2D eigenvalue weighted by Gasteiger charge is -2.35. The monoisotopic (exact) mass is 358 g/mol. The van der Waals surface area contributed by atoms with Crippen LogP contribution in [0.4, 0.5) is 11.6 Å². The number of aliphatic hydroxyl groups is 1. The van der Waals surface area contributed by atoms with Crippen molar-refractivity contribution in [2.24, 2.45) is 11.8 Å². The Bertz CT molecular complexity index is 717. The first-order valence-corrected chi connectivity index (χ1v) is 9.78. The molecule has 0 amide bonds. The fourth-order valence-corrected chi connectivity index (χ4v) is 4.29. The van der Waals surface area contributed by atoms with E-state index in [1.54, 1.807) is 30.4 Å². The Morgan fingerprint density at radius 1 is 1.16 bits per heavy atom. The molecule has 7 nitrogen and oxygen atoms in total. The van der Waals surface area contributed by atoms with Crippen molar-refractivity contribution in [2.45, 2.75) is 30.1 Å². The van der Waals surface area contributed by atoms with Gasteiger partial charge >= 0.3 is 0 Å². The number of rotatable bonds is 4. The molecule has 0 unspecified atom stereocenters. The number of nitrogens with zero attached hydrogens (tertiary/aromatic N) is 5. The second kappa shape index (κ2) is 7.13. The lowest BCUT2D eigenvalue weighted by Crippen LogP contribution is -2.43. The average Bonchev–Trinajstić information content (AvgIpc) is 3.06. The van der Waals surface area contributed by atoms with Crippen LogP contribution in [0, 0.1) is 11.8 Å². The van der Waals surface area contributed by atoms with E-state index < -0.39 is 0 Å². The minimum Gasteiger partial charge on any atom is -0.391 e. The van der Waals surface area contributed by atoms with Gasteiger partial charge in [0.05, 0.1) is 18.3 Å². The molecule has 132 valence electrons. The fraction of sp³-hybridized carbons (Fsp3) is 0.529. The molecule has 2 fully saturated rings. The molecule has 2 N–H and O–H groups in total. The van der Waals surface area contributed by atoms with Gasteiger partial charge in [0.2, 0.25) is 0 Å². The molecule has 0 spiro atoms. The normalized spacial score (nSPS) is 28.6. The highest BCUT2D eigenvalue weighted by Gasteiger charge is 2.42. The summed E-state index contributed by atoms with van der Waals surface area (Å²) in [6, 6.07) is 1.99. The van der Waals surface area contributed by atoms with Crippen molar-refractivity contribution in [3.05, 3.63) is 30.9 Å². The SMILES string of the molecule is CSc1nccc(N2C[C@H]3C[C@@H](Nc4cnccn4)[C@H](O)C[C@H]3C2)n1. The Kier molecular flexibility index (Phi) is 4.72. The minimum absolute atomic E-state index is 0.0186. The van der Waals surface area contributed by atoms with Gasteiger partial charge in [-0.3, -0.25) is 4.98 Å². The zero-order valence-electron chi connectivity index (χ0n) is 14.1. The molecular weight excluding hydrogens is 336 g/mol. The van der Waals surface area contributed by atoms with Crippen molar-refractivity contribution in [1.29, 1.82) is 0 Å². The number of hydrogen-bond acceptors (Lipinski definition) is 8. The predicted molar refractivity (Wildman–Crippen MR) is 97.7 cm³/mol. The number of aromatic nitrogens is 4. The van der Waals surface area contributed by atoms with E-state index in [1.165, 1.54) is 0 Å². The van der Waals surface area contributed by atoms with Gasteiger partial charge in [0, 0.05) is 31.7 Å². The molecule has 2 aromatic heterocycles. The van der Waals surface area contributed by atoms with Crippen molar-refractivity contribution in [3.8, 4) is 0 Å². The molecule has 8 heteroatoms. The van der Waals surface area contributed by atoms with E-state index in [1.807, 2.05) is 18.5 Å². The molecule has 0 aromatic carbocycles. The number of fused-ring (bicyclic) bond motifs is 1. The lowest BCUT2D eigenvalue weighted by atomic mass is 9.77. The molecule has 2 aliphatic rings. The van der Waals surface area contributed by atoms with Crippen LogP contribution in [0.2, 0.25) is 0 Å². The van der Waals surface area contributed by atoms with E-state index in [9.17, 15) is 5.11 Å². The van der Waals surface area contributed by atoms with E-state index >= 15 is 0 Å². The second-order valence-electron chi connectivity index (χ2n) is 6.71. The van der Waals surface area contributed by atoms with Crippen LogP contribution in [0.15, 0.2) is 36.0 Å². The third kappa shape index (κ3) is 3.55.